The first-order valence-corrected chi connectivity index (χ1v) is 7.62. The fourth-order valence-corrected chi connectivity index (χ4v) is 2.95. The number of pyridine rings is 1. The third-order valence-electron chi connectivity index (χ3n) is 4.11. The summed E-state index contributed by atoms with van der Waals surface area (Å²) in [6, 6.07) is 8.73. The highest BCUT2D eigenvalue weighted by atomic mass is 16.1. The molecule has 4 nitrogen and oxygen atoms in total. The fraction of sp³-hybridized carbons (Fsp3) is 0.412. The molecule has 0 unspecified atom stereocenters. The summed E-state index contributed by atoms with van der Waals surface area (Å²) < 4.78 is 0. The molecule has 1 aliphatic rings. The van der Waals surface area contributed by atoms with Gasteiger partial charge in [0.25, 0.3) is 0 Å². The van der Waals surface area contributed by atoms with Gasteiger partial charge in [0.05, 0.1) is 5.69 Å². The summed E-state index contributed by atoms with van der Waals surface area (Å²) in [5.41, 5.74) is 1.07. The van der Waals surface area contributed by atoms with Crippen molar-refractivity contribution in [2.75, 3.05) is 19.6 Å². The number of nitrogens with zero attached hydrogens (tertiary/aromatic N) is 1. The average molecular weight is 284 g/mol. The first-order chi connectivity index (χ1) is 10.2. The van der Waals surface area contributed by atoms with Crippen LogP contribution in [0.2, 0.25) is 0 Å². The Morgan fingerprint density at radius 3 is 2.76 bits per heavy atom. The number of hydrogen-bond acceptors (Lipinski definition) is 3. The van der Waals surface area contributed by atoms with Gasteiger partial charge in [-0.2, -0.15) is 0 Å². The van der Waals surface area contributed by atoms with E-state index in [1.165, 1.54) is 18.9 Å². The molecule has 110 valence electrons. The number of aromatic amines is 1. The molecule has 0 aliphatic carbocycles. The molecular weight excluding hydrogens is 264 g/mol. The van der Waals surface area contributed by atoms with Crippen LogP contribution in [0.1, 0.15) is 36.2 Å². The zero-order chi connectivity index (χ0) is 14.7. The zero-order valence-electron chi connectivity index (χ0n) is 12.1. The number of likely N-dealkylation sites (tertiary alicyclic amines) is 1. The van der Waals surface area contributed by atoms with Gasteiger partial charge in [-0.15, -0.1) is 0 Å². The van der Waals surface area contributed by atoms with E-state index in [1.807, 2.05) is 18.2 Å². The minimum atomic E-state index is -0.0905. The van der Waals surface area contributed by atoms with Crippen molar-refractivity contribution in [3.05, 3.63) is 46.2 Å². The largest absolute Gasteiger partial charge is 0.352 e. The summed E-state index contributed by atoms with van der Waals surface area (Å²) in [5.74, 6) is 0.0250. The second-order valence-electron chi connectivity index (χ2n) is 5.67. The monoisotopic (exact) mass is 284 g/mol. The third kappa shape index (κ3) is 3.22. The molecule has 0 radical (unpaired) electrons. The molecule has 0 amide bonds. The smallest absolute Gasteiger partial charge is 0.190 e. The number of carbonyl (C=O) groups excluding carboxylic acids is 1. The maximum Gasteiger partial charge on any atom is 0.190 e. The molecule has 3 rings (SSSR count). The molecule has 0 saturated carbocycles. The Morgan fingerprint density at radius 1 is 1.19 bits per heavy atom. The van der Waals surface area contributed by atoms with Crippen molar-refractivity contribution in [1.29, 1.82) is 0 Å². The van der Waals surface area contributed by atoms with Crippen molar-refractivity contribution in [3.63, 3.8) is 0 Å². The molecular formula is C17H20N2O2. The van der Waals surface area contributed by atoms with Crippen LogP contribution in [0.15, 0.2) is 35.1 Å². The first kappa shape index (κ1) is 14.0. The highest BCUT2D eigenvalue weighted by Gasteiger charge is 2.13. The van der Waals surface area contributed by atoms with Crippen molar-refractivity contribution >= 4 is 16.7 Å². The topological polar surface area (TPSA) is 53.2 Å². The lowest BCUT2D eigenvalue weighted by molar-refractivity contribution is 0.0971. The van der Waals surface area contributed by atoms with Crippen molar-refractivity contribution in [1.82, 2.24) is 9.88 Å². The number of nitrogens with one attached hydrogen (secondary N) is 1. The van der Waals surface area contributed by atoms with Crippen LogP contribution in [-0.2, 0) is 0 Å². The number of rotatable bonds is 5. The van der Waals surface area contributed by atoms with E-state index in [0.29, 0.717) is 17.5 Å². The van der Waals surface area contributed by atoms with Gasteiger partial charge in [0.15, 0.2) is 11.2 Å². The third-order valence-corrected chi connectivity index (χ3v) is 4.11. The molecule has 1 saturated heterocycles. The summed E-state index contributed by atoms with van der Waals surface area (Å²) in [4.78, 5) is 29.7. The van der Waals surface area contributed by atoms with Crippen LogP contribution in [0.3, 0.4) is 0 Å². The Kier molecular flexibility index (Phi) is 4.15. The van der Waals surface area contributed by atoms with Gasteiger partial charge >= 0.3 is 0 Å². The van der Waals surface area contributed by atoms with Crippen LogP contribution < -0.4 is 5.43 Å². The number of H-pyrrole nitrogens is 1. The maximum absolute atomic E-state index is 12.2. The molecule has 1 aromatic carbocycles. The van der Waals surface area contributed by atoms with E-state index >= 15 is 0 Å². The number of aromatic nitrogens is 1. The fourth-order valence-electron chi connectivity index (χ4n) is 2.95. The summed E-state index contributed by atoms with van der Waals surface area (Å²) in [6.07, 6.45) is 3.89. The molecule has 1 N–H and O–H groups in total. The Hall–Kier alpha value is -1.94. The van der Waals surface area contributed by atoms with Crippen molar-refractivity contribution in [2.45, 2.75) is 25.7 Å². The van der Waals surface area contributed by atoms with Gasteiger partial charge in [-0.05, 0) is 51.0 Å². The van der Waals surface area contributed by atoms with Crippen LogP contribution in [0.5, 0.6) is 0 Å². The number of hydrogen-bond donors (Lipinski definition) is 1. The number of fused-ring (bicyclic) bond motifs is 1. The van der Waals surface area contributed by atoms with E-state index in [-0.39, 0.29) is 11.2 Å². The Labute approximate surface area is 123 Å². The quantitative estimate of drug-likeness (QED) is 0.859. The Balaban J connectivity index is 1.68. The lowest BCUT2D eigenvalue weighted by Gasteiger charge is -2.13. The molecule has 1 aliphatic heterocycles. The van der Waals surface area contributed by atoms with Gasteiger partial charge < -0.3 is 9.88 Å². The molecule has 0 spiro atoms. The van der Waals surface area contributed by atoms with E-state index < -0.39 is 0 Å². The van der Waals surface area contributed by atoms with Gasteiger partial charge in [-0.1, -0.05) is 12.1 Å². The van der Waals surface area contributed by atoms with Crippen LogP contribution in [0, 0.1) is 0 Å². The summed E-state index contributed by atoms with van der Waals surface area (Å²) >= 11 is 0. The first-order valence-electron chi connectivity index (χ1n) is 7.62. The predicted octanol–water partition coefficient (Wildman–Crippen LogP) is 2.59. The van der Waals surface area contributed by atoms with Crippen LogP contribution in [0.4, 0.5) is 0 Å². The minimum Gasteiger partial charge on any atom is -0.352 e. The molecule has 2 aromatic rings. The normalized spacial score (nSPS) is 15.6. The van der Waals surface area contributed by atoms with Crippen molar-refractivity contribution in [2.24, 2.45) is 0 Å². The minimum absolute atomic E-state index is 0.0250. The van der Waals surface area contributed by atoms with E-state index in [0.717, 1.165) is 31.6 Å². The Bertz CT molecular complexity index is 699. The molecule has 2 heterocycles. The predicted molar refractivity (Wildman–Crippen MR) is 83.8 cm³/mol. The second kappa shape index (κ2) is 6.22. The zero-order valence-corrected chi connectivity index (χ0v) is 12.1. The van der Waals surface area contributed by atoms with Crippen molar-refractivity contribution < 1.29 is 4.79 Å². The SMILES string of the molecule is O=C(CCCN1CCCC1)c1cc(=O)c2ccccc2[nH]1. The number of benzene rings is 1. The summed E-state index contributed by atoms with van der Waals surface area (Å²) in [6.45, 7) is 3.28. The Morgan fingerprint density at radius 2 is 1.95 bits per heavy atom. The molecule has 4 heteroatoms. The van der Waals surface area contributed by atoms with Gasteiger partial charge in [0.2, 0.25) is 0 Å². The number of Topliss-reactive ketones (excluding diaryl/α,β-unsaturated/α-hetero) is 1. The van der Waals surface area contributed by atoms with Crippen LogP contribution in [0.25, 0.3) is 10.9 Å². The molecule has 1 fully saturated rings. The van der Waals surface area contributed by atoms with E-state index in [1.54, 1.807) is 6.07 Å². The lowest BCUT2D eigenvalue weighted by atomic mass is 10.1. The van der Waals surface area contributed by atoms with Crippen molar-refractivity contribution in [3.8, 4) is 0 Å². The van der Waals surface area contributed by atoms with E-state index in [4.69, 9.17) is 0 Å². The van der Waals surface area contributed by atoms with E-state index in [9.17, 15) is 9.59 Å². The van der Waals surface area contributed by atoms with Gasteiger partial charge in [-0.25, -0.2) is 0 Å². The van der Waals surface area contributed by atoms with Gasteiger partial charge in [0.1, 0.15) is 0 Å². The van der Waals surface area contributed by atoms with E-state index in [2.05, 4.69) is 9.88 Å². The second-order valence-corrected chi connectivity index (χ2v) is 5.67. The molecule has 0 atom stereocenters. The lowest BCUT2D eigenvalue weighted by Crippen LogP contribution is -2.21. The van der Waals surface area contributed by atoms with Gasteiger partial charge in [0, 0.05) is 23.4 Å². The highest BCUT2D eigenvalue weighted by molar-refractivity contribution is 5.96. The van der Waals surface area contributed by atoms with Crippen LogP contribution >= 0.6 is 0 Å². The molecule has 0 bridgehead atoms. The van der Waals surface area contributed by atoms with Crippen LogP contribution in [-0.4, -0.2) is 35.3 Å². The average Bonchev–Trinajstić information content (AvgIpc) is 3.00. The number of ketones is 1. The van der Waals surface area contributed by atoms with Gasteiger partial charge in [-0.3, -0.25) is 9.59 Å². The molecule has 21 heavy (non-hydrogen) atoms. The highest BCUT2D eigenvalue weighted by Crippen LogP contribution is 2.11. The maximum atomic E-state index is 12.2. The summed E-state index contributed by atoms with van der Waals surface area (Å²) in [5, 5.41) is 0.631. The number of para-hydroxylation sites is 1. The molecule has 1 aromatic heterocycles. The number of carbonyl (C=O) groups is 1. The summed E-state index contributed by atoms with van der Waals surface area (Å²) in [7, 11) is 0. The standard InChI is InChI=1S/C17H20N2O2/c20-16(8-5-11-19-9-3-4-10-19)15-12-17(21)13-6-1-2-7-14(13)18-15/h1-2,6-7,12H,3-5,8-11H2,(H,18,21).